The molecule has 0 radical (unpaired) electrons. The van der Waals surface area contributed by atoms with Gasteiger partial charge in [-0.3, -0.25) is 0 Å². The van der Waals surface area contributed by atoms with Crippen LogP contribution in [0.4, 0.5) is 0 Å². The van der Waals surface area contributed by atoms with Crippen molar-refractivity contribution < 1.29 is 9.47 Å². The smallest absolute Gasteiger partial charge is 0.118 e. The standard InChI is InChI=1S/C17H29NO2/c1-5-6-14(2)17(13-18-11-12-19-3)15-7-9-16(20-4)10-8-15/h7-10,14,17-18H,5-6,11-13H2,1-4H3. The van der Waals surface area contributed by atoms with Crippen LogP contribution in [0.15, 0.2) is 24.3 Å². The lowest BCUT2D eigenvalue weighted by atomic mass is 9.84. The van der Waals surface area contributed by atoms with E-state index in [1.54, 1.807) is 14.2 Å². The molecule has 0 aliphatic rings. The summed E-state index contributed by atoms with van der Waals surface area (Å²) in [5.74, 6) is 2.13. The Bertz CT molecular complexity index is 351. The summed E-state index contributed by atoms with van der Waals surface area (Å²) in [6.07, 6.45) is 2.48. The average Bonchev–Trinajstić information content (AvgIpc) is 2.48. The van der Waals surface area contributed by atoms with E-state index in [4.69, 9.17) is 9.47 Å². The van der Waals surface area contributed by atoms with Crippen molar-refractivity contribution in [3.63, 3.8) is 0 Å². The van der Waals surface area contributed by atoms with Gasteiger partial charge in [0.05, 0.1) is 13.7 Å². The number of hydrogen-bond donors (Lipinski definition) is 1. The van der Waals surface area contributed by atoms with Crippen LogP contribution >= 0.6 is 0 Å². The largest absolute Gasteiger partial charge is 0.497 e. The van der Waals surface area contributed by atoms with Gasteiger partial charge in [-0.2, -0.15) is 0 Å². The van der Waals surface area contributed by atoms with Crippen LogP contribution in [-0.4, -0.2) is 33.9 Å². The molecule has 1 rings (SSSR count). The predicted octanol–water partition coefficient (Wildman–Crippen LogP) is 3.45. The summed E-state index contributed by atoms with van der Waals surface area (Å²) in [6, 6.07) is 8.48. The predicted molar refractivity (Wildman–Crippen MR) is 84.6 cm³/mol. The van der Waals surface area contributed by atoms with Crippen LogP contribution in [0.3, 0.4) is 0 Å². The minimum atomic E-state index is 0.540. The second-order valence-corrected chi connectivity index (χ2v) is 5.34. The normalized spacial score (nSPS) is 14.0. The lowest BCUT2D eigenvalue weighted by molar-refractivity contribution is 0.198. The van der Waals surface area contributed by atoms with Gasteiger partial charge in [-0.1, -0.05) is 38.8 Å². The molecule has 114 valence electrons. The quantitative estimate of drug-likeness (QED) is 0.665. The van der Waals surface area contributed by atoms with Gasteiger partial charge in [-0.05, 0) is 29.5 Å². The maximum Gasteiger partial charge on any atom is 0.118 e. The van der Waals surface area contributed by atoms with Crippen LogP contribution in [0, 0.1) is 5.92 Å². The molecular formula is C17H29NO2. The lowest BCUT2D eigenvalue weighted by Gasteiger charge is -2.25. The molecular weight excluding hydrogens is 250 g/mol. The van der Waals surface area contributed by atoms with Gasteiger partial charge < -0.3 is 14.8 Å². The zero-order chi connectivity index (χ0) is 14.8. The van der Waals surface area contributed by atoms with Gasteiger partial charge in [-0.15, -0.1) is 0 Å². The molecule has 0 fully saturated rings. The summed E-state index contributed by atoms with van der Waals surface area (Å²) in [5, 5.41) is 3.50. The molecule has 3 nitrogen and oxygen atoms in total. The number of hydrogen-bond acceptors (Lipinski definition) is 3. The van der Waals surface area contributed by atoms with Crippen LogP contribution in [0.1, 0.15) is 38.2 Å². The number of nitrogens with one attached hydrogen (secondary N) is 1. The van der Waals surface area contributed by atoms with E-state index in [0.29, 0.717) is 11.8 Å². The second kappa shape index (κ2) is 9.78. The van der Waals surface area contributed by atoms with E-state index in [-0.39, 0.29) is 0 Å². The molecule has 1 N–H and O–H groups in total. The summed E-state index contributed by atoms with van der Waals surface area (Å²) in [6.45, 7) is 7.26. The monoisotopic (exact) mass is 279 g/mol. The Morgan fingerprint density at radius 1 is 1.15 bits per heavy atom. The molecule has 3 heteroatoms. The molecule has 2 unspecified atom stereocenters. The van der Waals surface area contributed by atoms with E-state index in [2.05, 4.69) is 43.4 Å². The first-order valence-corrected chi connectivity index (χ1v) is 7.56. The molecule has 2 atom stereocenters. The van der Waals surface area contributed by atoms with Crippen molar-refractivity contribution in [3.8, 4) is 5.75 Å². The van der Waals surface area contributed by atoms with Crippen LogP contribution < -0.4 is 10.1 Å². The van der Waals surface area contributed by atoms with E-state index in [9.17, 15) is 0 Å². The van der Waals surface area contributed by atoms with Gasteiger partial charge in [0.25, 0.3) is 0 Å². The van der Waals surface area contributed by atoms with E-state index in [1.165, 1.54) is 18.4 Å². The molecule has 0 saturated carbocycles. The van der Waals surface area contributed by atoms with Crippen molar-refractivity contribution in [1.29, 1.82) is 0 Å². The van der Waals surface area contributed by atoms with E-state index in [0.717, 1.165) is 25.4 Å². The van der Waals surface area contributed by atoms with Crippen molar-refractivity contribution in [2.75, 3.05) is 33.9 Å². The first-order chi connectivity index (χ1) is 9.72. The first-order valence-electron chi connectivity index (χ1n) is 7.56. The molecule has 0 aromatic heterocycles. The Kier molecular flexibility index (Phi) is 8.31. The van der Waals surface area contributed by atoms with Gasteiger partial charge >= 0.3 is 0 Å². The molecule has 0 aliphatic heterocycles. The Labute approximate surface area is 123 Å². The van der Waals surface area contributed by atoms with E-state index in [1.807, 2.05) is 0 Å². The molecule has 1 aromatic rings. The Balaban J connectivity index is 2.68. The highest BCUT2D eigenvalue weighted by molar-refractivity contribution is 5.30. The second-order valence-electron chi connectivity index (χ2n) is 5.34. The molecule has 0 saturated heterocycles. The summed E-state index contributed by atoms with van der Waals surface area (Å²) in [4.78, 5) is 0. The van der Waals surface area contributed by atoms with Crippen LogP contribution in [0.5, 0.6) is 5.75 Å². The van der Waals surface area contributed by atoms with Crippen LogP contribution in [0.25, 0.3) is 0 Å². The van der Waals surface area contributed by atoms with Gasteiger partial charge in [0, 0.05) is 20.2 Å². The minimum absolute atomic E-state index is 0.540. The highest BCUT2D eigenvalue weighted by Gasteiger charge is 2.18. The molecule has 0 aliphatic carbocycles. The minimum Gasteiger partial charge on any atom is -0.497 e. The van der Waals surface area contributed by atoms with Gasteiger partial charge in [0.15, 0.2) is 0 Å². The topological polar surface area (TPSA) is 30.5 Å². The zero-order valence-corrected chi connectivity index (χ0v) is 13.3. The molecule has 20 heavy (non-hydrogen) atoms. The van der Waals surface area contributed by atoms with Crippen molar-refractivity contribution in [2.45, 2.75) is 32.6 Å². The fourth-order valence-corrected chi connectivity index (χ4v) is 2.59. The maximum absolute atomic E-state index is 5.24. The first kappa shape index (κ1) is 17.0. The molecule has 1 aromatic carbocycles. The van der Waals surface area contributed by atoms with Crippen molar-refractivity contribution in [1.82, 2.24) is 5.32 Å². The third-order valence-electron chi connectivity index (χ3n) is 3.82. The van der Waals surface area contributed by atoms with Gasteiger partial charge in [0.2, 0.25) is 0 Å². The van der Waals surface area contributed by atoms with E-state index >= 15 is 0 Å². The number of rotatable bonds is 10. The average molecular weight is 279 g/mol. The zero-order valence-electron chi connectivity index (χ0n) is 13.3. The summed E-state index contributed by atoms with van der Waals surface area (Å²) >= 11 is 0. The Morgan fingerprint density at radius 3 is 2.40 bits per heavy atom. The SMILES string of the molecule is CCCC(C)C(CNCCOC)c1ccc(OC)cc1. The van der Waals surface area contributed by atoms with Gasteiger partial charge in [0.1, 0.15) is 5.75 Å². The Morgan fingerprint density at radius 2 is 1.85 bits per heavy atom. The number of methoxy groups -OCH3 is 2. The van der Waals surface area contributed by atoms with E-state index < -0.39 is 0 Å². The Hall–Kier alpha value is -1.06. The molecule has 0 amide bonds. The molecule has 0 spiro atoms. The summed E-state index contributed by atoms with van der Waals surface area (Å²) in [5.41, 5.74) is 1.39. The lowest BCUT2D eigenvalue weighted by Crippen LogP contribution is -2.28. The number of ether oxygens (including phenoxy) is 2. The highest BCUT2D eigenvalue weighted by atomic mass is 16.5. The third-order valence-corrected chi connectivity index (χ3v) is 3.82. The summed E-state index contributed by atoms with van der Waals surface area (Å²) < 4.78 is 10.3. The van der Waals surface area contributed by atoms with Crippen LogP contribution in [0.2, 0.25) is 0 Å². The fourth-order valence-electron chi connectivity index (χ4n) is 2.59. The third kappa shape index (κ3) is 5.51. The van der Waals surface area contributed by atoms with Crippen molar-refractivity contribution >= 4 is 0 Å². The van der Waals surface area contributed by atoms with Crippen molar-refractivity contribution in [3.05, 3.63) is 29.8 Å². The maximum atomic E-state index is 5.24. The van der Waals surface area contributed by atoms with Gasteiger partial charge in [-0.25, -0.2) is 0 Å². The van der Waals surface area contributed by atoms with Crippen molar-refractivity contribution in [2.24, 2.45) is 5.92 Å². The molecule has 0 bridgehead atoms. The summed E-state index contributed by atoms with van der Waals surface area (Å²) in [7, 11) is 3.45. The fraction of sp³-hybridized carbons (Fsp3) is 0.647. The highest BCUT2D eigenvalue weighted by Crippen LogP contribution is 2.28. The number of benzene rings is 1. The molecule has 0 heterocycles. The van der Waals surface area contributed by atoms with Crippen LogP contribution in [-0.2, 0) is 4.74 Å².